The zero-order valence-corrected chi connectivity index (χ0v) is 23.4. The van der Waals surface area contributed by atoms with E-state index < -0.39 is 18.0 Å². The van der Waals surface area contributed by atoms with Gasteiger partial charge in [-0.3, -0.25) is 14.6 Å². The lowest BCUT2D eigenvalue weighted by molar-refractivity contribution is -0.128. The number of piperidine rings is 1. The van der Waals surface area contributed by atoms with Crippen molar-refractivity contribution in [1.82, 2.24) is 15.1 Å². The predicted octanol–water partition coefficient (Wildman–Crippen LogP) is 4.39. The van der Waals surface area contributed by atoms with Crippen LogP contribution >= 0.6 is 0 Å². The summed E-state index contributed by atoms with van der Waals surface area (Å²) in [5, 5.41) is 9.30. The molecule has 0 radical (unpaired) electrons. The highest BCUT2D eigenvalue weighted by Gasteiger charge is 2.47. The van der Waals surface area contributed by atoms with Crippen molar-refractivity contribution in [3.8, 4) is 0 Å². The number of nitrogens with zero attached hydrogens (tertiary/aromatic N) is 2. The number of hydrogen-bond donors (Lipinski definition) is 3. The number of carbonyl (C=O) groups excluding carboxylic acids is 2. The van der Waals surface area contributed by atoms with Crippen LogP contribution in [0.5, 0.6) is 0 Å². The summed E-state index contributed by atoms with van der Waals surface area (Å²) in [4.78, 5) is 27.1. The van der Waals surface area contributed by atoms with Gasteiger partial charge < -0.3 is 20.7 Å². The number of benzene rings is 1. The lowest BCUT2D eigenvalue weighted by Gasteiger charge is -2.45. The number of likely N-dealkylation sites (tertiary alicyclic amines) is 1. The molecular formula is C29H47F2N5O2. The SMILES string of the molecule is CCCC(CCC)CN1CCC(N2CCNc3ccc(NC(CCC=O)C(=O)NC)cc3CC2)C(F)(F)C1. The van der Waals surface area contributed by atoms with Crippen molar-refractivity contribution < 1.29 is 18.4 Å². The van der Waals surface area contributed by atoms with Crippen molar-refractivity contribution in [3.63, 3.8) is 0 Å². The van der Waals surface area contributed by atoms with Gasteiger partial charge in [-0.2, -0.15) is 0 Å². The largest absolute Gasteiger partial charge is 0.384 e. The summed E-state index contributed by atoms with van der Waals surface area (Å²) in [6.07, 6.45) is 7.03. The molecule has 1 saturated heterocycles. The van der Waals surface area contributed by atoms with E-state index in [0.29, 0.717) is 44.8 Å². The summed E-state index contributed by atoms with van der Waals surface area (Å²) in [6.45, 7) is 7.44. The van der Waals surface area contributed by atoms with Gasteiger partial charge in [0, 0.05) is 57.6 Å². The molecule has 1 amide bonds. The van der Waals surface area contributed by atoms with E-state index in [2.05, 4.69) is 29.8 Å². The van der Waals surface area contributed by atoms with E-state index in [1.165, 1.54) is 0 Å². The summed E-state index contributed by atoms with van der Waals surface area (Å²) < 4.78 is 31.0. The molecule has 0 spiro atoms. The van der Waals surface area contributed by atoms with Crippen LogP contribution in [0.4, 0.5) is 20.2 Å². The molecule has 3 rings (SSSR count). The molecule has 2 unspecified atom stereocenters. The van der Waals surface area contributed by atoms with Crippen molar-refractivity contribution in [1.29, 1.82) is 0 Å². The third-order valence-corrected chi connectivity index (χ3v) is 7.96. The van der Waals surface area contributed by atoms with Crippen LogP contribution in [0.15, 0.2) is 18.2 Å². The van der Waals surface area contributed by atoms with Crippen LogP contribution in [-0.4, -0.2) is 86.3 Å². The summed E-state index contributed by atoms with van der Waals surface area (Å²) in [6, 6.07) is 4.62. The second-order valence-corrected chi connectivity index (χ2v) is 10.9. The zero-order valence-electron chi connectivity index (χ0n) is 23.4. The summed E-state index contributed by atoms with van der Waals surface area (Å²) >= 11 is 0. The van der Waals surface area contributed by atoms with Crippen LogP contribution in [0, 0.1) is 5.92 Å². The predicted molar refractivity (Wildman–Crippen MR) is 150 cm³/mol. The molecule has 1 aromatic rings. The van der Waals surface area contributed by atoms with Crippen LogP contribution in [0.2, 0.25) is 0 Å². The monoisotopic (exact) mass is 535 g/mol. The molecule has 2 heterocycles. The van der Waals surface area contributed by atoms with Gasteiger partial charge in [-0.25, -0.2) is 8.78 Å². The number of carbonyl (C=O) groups is 2. The number of halogens is 2. The molecule has 2 aliphatic heterocycles. The normalized spacial score (nSPS) is 21.1. The minimum Gasteiger partial charge on any atom is -0.384 e. The number of fused-ring (bicyclic) bond motifs is 1. The lowest BCUT2D eigenvalue weighted by Crippen LogP contribution is -2.60. The minimum atomic E-state index is -2.74. The number of alkyl halides is 2. The van der Waals surface area contributed by atoms with E-state index in [1.807, 2.05) is 28.0 Å². The Morgan fingerprint density at radius 2 is 1.95 bits per heavy atom. The van der Waals surface area contributed by atoms with Crippen LogP contribution in [0.3, 0.4) is 0 Å². The Labute approximate surface area is 227 Å². The van der Waals surface area contributed by atoms with E-state index in [4.69, 9.17) is 0 Å². The fourth-order valence-corrected chi connectivity index (χ4v) is 6.08. The minimum absolute atomic E-state index is 0.155. The number of likely N-dealkylation sites (N-methyl/N-ethyl adjacent to an activating group) is 1. The Bertz CT molecular complexity index is 894. The average Bonchev–Trinajstić information content (AvgIpc) is 2.87. The maximum Gasteiger partial charge on any atom is 0.275 e. The van der Waals surface area contributed by atoms with Gasteiger partial charge in [0.05, 0.1) is 12.6 Å². The van der Waals surface area contributed by atoms with E-state index >= 15 is 8.78 Å². The molecule has 0 aromatic heterocycles. The van der Waals surface area contributed by atoms with Crippen molar-refractivity contribution in [2.45, 2.75) is 83.2 Å². The average molecular weight is 536 g/mol. The molecule has 9 heteroatoms. The Morgan fingerprint density at radius 1 is 1.18 bits per heavy atom. The highest BCUT2D eigenvalue weighted by atomic mass is 19.3. The standard InChI is InChI=1S/C29H47F2N5O2/c1-4-7-22(8-5-2)20-35-15-13-27(29(30,31)21-35)36-16-12-23-19-24(10-11-25(23)33-14-17-36)34-26(9-6-18-37)28(38)32-3/h10-11,18-19,22,26-27,33-34H,4-9,12-17,20-21H2,1-3H3,(H,32,38). The Kier molecular flexibility index (Phi) is 11.8. The summed E-state index contributed by atoms with van der Waals surface area (Å²) in [5.74, 6) is -2.41. The first-order chi connectivity index (χ1) is 18.3. The Hall–Kier alpha value is -2.26. The molecule has 7 nitrogen and oxygen atoms in total. The highest BCUT2D eigenvalue weighted by Crippen LogP contribution is 2.33. The van der Waals surface area contributed by atoms with Gasteiger partial charge in [-0.05, 0) is 61.8 Å². The lowest BCUT2D eigenvalue weighted by atomic mass is 9.93. The Balaban J connectivity index is 1.64. The number of hydrogen-bond acceptors (Lipinski definition) is 6. The number of anilines is 2. The maximum atomic E-state index is 15.5. The van der Waals surface area contributed by atoms with Crippen molar-refractivity contribution in [2.75, 3.05) is 56.9 Å². The fourth-order valence-electron chi connectivity index (χ4n) is 6.08. The van der Waals surface area contributed by atoms with Gasteiger partial charge in [0.25, 0.3) is 5.92 Å². The molecule has 214 valence electrons. The van der Waals surface area contributed by atoms with Crippen molar-refractivity contribution >= 4 is 23.6 Å². The van der Waals surface area contributed by atoms with Crippen LogP contribution < -0.4 is 16.0 Å². The van der Waals surface area contributed by atoms with Gasteiger partial charge >= 0.3 is 0 Å². The van der Waals surface area contributed by atoms with Crippen molar-refractivity contribution in [3.05, 3.63) is 23.8 Å². The van der Waals surface area contributed by atoms with Crippen molar-refractivity contribution in [2.24, 2.45) is 5.92 Å². The van der Waals surface area contributed by atoms with Gasteiger partial charge in [0.2, 0.25) is 5.91 Å². The highest BCUT2D eigenvalue weighted by molar-refractivity contribution is 5.84. The summed E-state index contributed by atoms with van der Waals surface area (Å²) in [7, 11) is 1.58. The molecule has 1 fully saturated rings. The van der Waals surface area contributed by atoms with Gasteiger partial charge in [-0.15, -0.1) is 0 Å². The zero-order chi connectivity index (χ0) is 27.5. The van der Waals surface area contributed by atoms with E-state index in [9.17, 15) is 9.59 Å². The molecular weight excluding hydrogens is 488 g/mol. The molecule has 3 N–H and O–H groups in total. The number of aldehydes is 1. The van der Waals surface area contributed by atoms with Crippen LogP contribution in [0.1, 0.15) is 64.4 Å². The second-order valence-electron chi connectivity index (χ2n) is 10.9. The number of amides is 1. The third-order valence-electron chi connectivity index (χ3n) is 7.96. The molecule has 0 saturated carbocycles. The topological polar surface area (TPSA) is 76.7 Å². The van der Waals surface area contributed by atoms with Gasteiger partial charge in [0.1, 0.15) is 12.3 Å². The van der Waals surface area contributed by atoms with E-state index in [-0.39, 0.29) is 18.9 Å². The first-order valence-electron chi connectivity index (χ1n) is 14.4. The van der Waals surface area contributed by atoms with Crippen LogP contribution in [-0.2, 0) is 16.0 Å². The van der Waals surface area contributed by atoms with E-state index in [0.717, 1.165) is 62.0 Å². The number of nitrogens with one attached hydrogen (secondary N) is 3. The molecule has 0 bridgehead atoms. The maximum absolute atomic E-state index is 15.5. The quantitative estimate of drug-likeness (QED) is 0.326. The third kappa shape index (κ3) is 8.37. The first-order valence-corrected chi connectivity index (χ1v) is 14.4. The smallest absolute Gasteiger partial charge is 0.275 e. The molecule has 0 aliphatic carbocycles. The Morgan fingerprint density at radius 3 is 2.61 bits per heavy atom. The molecule has 1 aromatic carbocycles. The first kappa shape index (κ1) is 30.3. The summed E-state index contributed by atoms with van der Waals surface area (Å²) in [5.41, 5.74) is 2.82. The van der Waals surface area contributed by atoms with E-state index in [1.54, 1.807) is 7.05 Å². The molecule has 38 heavy (non-hydrogen) atoms. The van der Waals surface area contributed by atoms with Gasteiger partial charge in [-0.1, -0.05) is 26.7 Å². The fraction of sp³-hybridized carbons (Fsp3) is 0.724. The van der Waals surface area contributed by atoms with Gasteiger partial charge in [0.15, 0.2) is 0 Å². The van der Waals surface area contributed by atoms with Crippen LogP contribution in [0.25, 0.3) is 0 Å². The molecule has 2 aliphatic rings. The number of rotatable bonds is 13. The molecule has 2 atom stereocenters. The second kappa shape index (κ2) is 14.8.